The SMILES string of the molecule is O=C(O)CCOc1cccc(/C=C(/Cl)c2nnc(C(=O)Nc3ccccc3)s2)c1. The van der Waals surface area contributed by atoms with Crippen LogP contribution < -0.4 is 10.1 Å². The second-order valence-electron chi connectivity index (χ2n) is 5.79. The van der Waals surface area contributed by atoms with Gasteiger partial charge >= 0.3 is 5.97 Å². The lowest BCUT2D eigenvalue weighted by molar-refractivity contribution is -0.137. The fourth-order valence-corrected chi connectivity index (χ4v) is 3.20. The van der Waals surface area contributed by atoms with Crippen molar-refractivity contribution in [2.24, 2.45) is 0 Å². The minimum absolute atomic E-state index is 0.0759. The highest BCUT2D eigenvalue weighted by Crippen LogP contribution is 2.27. The summed E-state index contributed by atoms with van der Waals surface area (Å²) in [7, 11) is 0. The van der Waals surface area contributed by atoms with Gasteiger partial charge in [0, 0.05) is 5.69 Å². The molecule has 148 valence electrons. The van der Waals surface area contributed by atoms with Gasteiger partial charge in [-0.2, -0.15) is 0 Å². The molecule has 7 nitrogen and oxygen atoms in total. The van der Waals surface area contributed by atoms with E-state index in [1.54, 1.807) is 36.4 Å². The Bertz CT molecular complexity index is 1040. The van der Waals surface area contributed by atoms with Crippen LogP contribution in [-0.2, 0) is 4.79 Å². The van der Waals surface area contributed by atoms with Gasteiger partial charge in [0.2, 0.25) is 5.01 Å². The van der Waals surface area contributed by atoms with E-state index < -0.39 is 5.97 Å². The lowest BCUT2D eigenvalue weighted by Crippen LogP contribution is -2.11. The summed E-state index contributed by atoms with van der Waals surface area (Å²) in [5.74, 6) is -0.754. The van der Waals surface area contributed by atoms with E-state index in [1.807, 2.05) is 24.3 Å². The lowest BCUT2D eigenvalue weighted by atomic mass is 10.2. The average Bonchev–Trinajstić information content (AvgIpc) is 3.19. The first-order chi connectivity index (χ1) is 14.0. The highest BCUT2D eigenvalue weighted by atomic mass is 35.5. The van der Waals surface area contributed by atoms with Gasteiger partial charge in [-0.25, -0.2) is 0 Å². The number of nitrogens with zero attached hydrogens (tertiary/aromatic N) is 2. The normalized spacial score (nSPS) is 11.1. The maximum atomic E-state index is 12.3. The molecule has 0 aliphatic rings. The summed E-state index contributed by atoms with van der Waals surface area (Å²) < 4.78 is 5.41. The van der Waals surface area contributed by atoms with Crippen LogP contribution in [-0.4, -0.2) is 33.8 Å². The number of hydrogen-bond donors (Lipinski definition) is 2. The number of anilines is 1. The molecule has 1 amide bonds. The Kier molecular flexibility index (Phi) is 6.94. The van der Waals surface area contributed by atoms with E-state index in [-0.39, 0.29) is 23.9 Å². The molecule has 0 unspecified atom stereocenters. The molecule has 0 bridgehead atoms. The number of ether oxygens (including phenoxy) is 1. The zero-order chi connectivity index (χ0) is 20.6. The standard InChI is InChI=1S/C20H16ClN3O4S/c21-16(12-13-5-4-8-15(11-13)28-10-9-17(25)26)19-23-24-20(29-19)18(27)22-14-6-2-1-3-7-14/h1-8,11-12H,9-10H2,(H,22,27)(H,25,26)/b16-12+. The van der Waals surface area contributed by atoms with E-state index in [9.17, 15) is 9.59 Å². The van der Waals surface area contributed by atoms with Crippen LogP contribution >= 0.6 is 22.9 Å². The predicted octanol–water partition coefficient (Wildman–Crippen LogP) is 4.38. The largest absolute Gasteiger partial charge is 0.493 e. The van der Waals surface area contributed by atoms with Crippen LogP contribution in [0.3, 0.4) is 0 Å². The molecule has 0 atom stereocenters. The third kappa shape index (κ3) is 6.13. The number of benzene rings is 2. The Labute approximate surface area is 175 Å². The van der Waals surface area contributed by atoms with Gasteiger partial charge in [-0.15, -0.1) is 10.2 Å². The van der Waals surface area contributed by atoms with Crippen LogP contribution in [0.2, 0.25) is 0 Å². The fraction of sp³-hybridized carbons (Fsp3) is 0.100. The van der Waals surface area contributed by atoms with Crippen molar-refractivity contribution in [3.63, 3.8) is 0 Å². The average molecular weight is 430 g/mol. The van der Waals surface area contributed by atoms with Gasteiger partial charge in [0.1, 0.15) is 5.75 Å². The highest BCUT2D eigenvalue weighted by Gasteiger charge is 2.15. The summed E-state index contributed by atoms with van der Waals surface area (Å²) >= 11 is 7.41. The van der Waals surface area contributed by atoms with Crippen molar-refractivity contribution in [2.45, 2.75) is 6.42 Å². The Morgan fingerprint density at radius 2 is 1.86 bits per heavy atom. The van der Waals surface area contributed by atoms with E-state index in [0.717, 1.165) is 16.9 Å². The van der Waals surface area contributed by atoms with E-state index in [4.69, 9.17) is 21.4 Å². The van der Waals surface area contributed by atoms with Crippen molar-refractivity contribution in [1.29, 1.82) is 0 Å². The van der Waals surface area contributed by atoms with E-state index in [1.165, 1.54) is 0 Å². The number of amides is 1. The predicted molar refractivity (Wildman–Crippen MR) is 112 cm³/mol. The van der Waals surface area contributed by atoms with Crippen molar-refractivity contribution < 1.29 is 19.4 Å². The summed E-state index contributed by atoms with van der Waals surface area (Å²) in [6.07, 6.45) is 1.59. The van der Waals surface area contributed by atoms with Gasteiger partial charge in [-0.3, -0.25) is 9.59 Å². The van der Waals surface area contributed by atoms with Crippen LogP contribution in [0.4, 0.5) is 5.69 Å². The quantitative estimate of drug-likeness (QED) is 0.551. The molecule has 9 heteroatoms. The number of halogens is 1. The highest BCUT2D eigenvalue weighted by molar-refractivity contribution is 7.15. The molecule has 0 radical (unpaired) electrons. The molecule has 29 heavy (non-hydrogen) atoms. The van der Waals surface area contributed by atoms with Crippen LogP contribution in [0.5, 0.6) is 5.75 Å². The van der Waals surface area contributed by atoms with Crippen LogP contribution in [0.25, 0.3) is 11.1 Å². The molecule has 0 aliphatic carbocycles. The van der Waals surface area contributed by atoms with Crippen LogP contribution in [0.15, 0.2) is 54.6 Å². The summed E-state index contributed by atoms with van der Waals surface area (Å²) in [5, 5.41) is 20.2. The minimum atomic E-state index is -0.924. The third-order valence-corrected chi connectivity index (χ3v) is 4.95. The Balaban J connectivity index is 1.67. The Morgan fingerprint density at radius 1 is 1.10 bits per heavy atom. The second-order valence-corrected chi connectivity index (χ2v) is 7.17. The van der Waals surface area contributed by atoms with Crippen LogP contribution in [0, 0.1) is 0 Å². The minimum Gasteiger partial charge on any atom is -0.493 e. The topological polar surface area (TPSA) is 101 Å². The molecule has 1 heterocycles. The van der Waals surface area contributed by atoms with Gasteiger partial charge in [-0.1, -0.05) is 53.3 Å². The number of aliphatic carboxylic acids is 1. The van der Waals surface area contributed by atoms with Crippen molar-refractivity contribution in [2.75, 3.05) is 11.9 Å². The number of carboxylic acids is 1. The summed E-state index contributed by atoms with van der Waals surface area (Å²) in [6.45, 7) is 0.0759. The molecule has 3 rings (SSSR count). The number of carbonyl (C=O) groups excluding carboxylic acids is 1. The van der Waals surface area contributed by atoms with Crippen molar-refractivity contribution in [3.8, 4) is 5.75 Å². The zero-order valence-corrected chi connectivity index (χ0v) is 16.6. The Hall–Kier alpha value is -3.23. The smallest absolute Gasteiger partial charge is 0.306 e. The molecule has 0 spiro atoms. The fourth-order valence-electron chi connectivity index (χ4n) is 2.28. The van der Waals surface area contributed by atoms with Gasteiger partial charge in [0.15, 0.2) is 5.01 Å². The summed E-state index contributed by atoms with van der Waals surface area (Å²) in [6, 6.07) is 16.1. The number of hydrogen-bond acceptors (Lipinski definition) is 6. The van der Waals surface area contributed by atoms with Gasteiger partial charge in [0.25, 0.3) is 5.91 Å². The van der Waals surface area contributed by atoms with E-state index >= 15 is 0 Å². The maximum absolute atomic E-state index is 12.3. The molecule has 1 aromatic heterocycles. The molecule has 3 aromatic rings. The number of nitrogens with one attached hydrogen (secondary N) is 1. The molecular formula is C20H16ClN3O4S. The number of aromatic nitrogens is 2. The monoisotopic (exact) mass is 429 g/mol. The van der Waals surface area contributed by atoms with Crippen molar-refractivity contribution in [3.05, 3.63) is 70.2 Å². The first-order valence-electron chi connectivity index (χ1n) is 8.53. The number of rotatable bonds is 8. The summed E-state index contributed by atoms with van der Waals surface area (Å²) in [5.41, 5.74) is 1.41. The van der Waals surface area contributed by atoms with Gasteiger partial charge in [-0.05, 0) is 35.9 Å². The van der Waals surface area contributed by atoms with E-state index in [2.05, 4.69) is 15.5 Å². The molecule has 0 saturated carbocycles. The number of carboxylic acid groups (broad SMARTS) is 1. The van der Waals surface area contributed by atoms with Crippen molar-refractivity contribution in [1.82, 2.24) is 10.2 Å². The zero-order valence-electron chi connectivity index (χ0n) is 15.0. The third-order valence-electron chi connectivity index (χ3n) is 3.59. The van der Waals surface area contributed by atoms with Crippen molar-refractivity contribution >= 4 is 51.6 Å². The van der Waals surface area contributed by atoms with Gasteiger partial charge in [0.05, 0.1) is 18.1 Å². The van der Waals surface area contributed by atoms with Gasteiger partial charge < -0.3 is 15.2 Å². The molecule has 0 fully saturated rings. The first-order valence-corrected chi connectivity index (χ1v) is 9.73. The second kappa shape index (κ2) is 9.81. The van der Waals surface area contributed by atoms with Crippen LogP contribution in [0.1, 0.15) is 26.8 Å². The lowest BCUT2D eigenvalue weighted by Gasteiger charge is -2.05. The molecular weight excluding hydrogens is 414 g/mol. The number of para-hydroxylation sites is 1. The number of carbonyl (C=O) groups is 2. The molecule has 0 saturated heterocycles. The Morgan fingerprint density at radius 3 is 2.62 bits per heavy atom. The molecule has 2 N–H and O–H groups in total. The first kappa shape index (κ1) is 20.5. The summed E-state index contributed by atoms with van der Waals surface area (Å²) in [4.78, 5) is 22.8. The molecule has 0 aliphatic heterocycles. The molecule has 2 aromatic carbocycles. The van der Waals surface area contributed by atoms with E-state index in [0.29, 0.717) is 21.5 Å². The maximum Gasteiger partial charge on any atom is 0.306 e.